The van der Waals surface area contributed by atoms with E-state index in [9.17, 15) is 4.91 Å². The van der Waals surface area contributed by atoms with E-state index < -0.39 is 0 Å². The van der Waals surface area contributed by atoms with E-state index in [2.05, 4.69) is 10.2 Å². The molecule has 0 atom stereocenters. The first-order chi connectivity index (χ1) is 4.75. The van der Waals surface area contributed by atoms with Gasteiger partial charge in [0.2, 0.25) is 0 Å². The van der Waals surface area contributed by atoms with Crippen molar-refractivity contribution < 1.29 is 0 Å². The Hall–Kier alpha value is -1.65. The summed E-state index contributed by atoms with van der Waals surface area (Å²) in [5.41, 5.74) is 10.8. The van der Waals surface area contributed by atoms with Gasteiger partial charge in [0.15, 0.2) is 11.5 Å². The normalized spacial score (nSPS) is 9.20. The van der Waals surface area contributed by atoms with Gasteiger partial charge in [0.25, 0.3) is 0 Å². The molecule has 0 aliphatic heterocycles. The van der Waals surface area contributed by atoms with Crippen LogP contribution in [0.4, 0.5) is 17.2 Å². The molecule has 4 N–H and O–H groups in total. The molecule has 0 amide bonds. The number of nitroso groups, excluding NO2 is 1. The molecule has 0 spiro atoms. The predicted octanol–water partition coefficient (Wildman–Crippen LogP) is 0.644. The van der Waals surface area contributed by atoms with Crippen LogP contribution in [0, 0.1) is 4.91 Å². The SMILES string of the molecule is Nc1ccnc(N)c1N=O. The number of aromatic nitrogens is 1. The molecule has 0 saturated carbocycles. The van der Waals surface area contributed by atoms with E-state index in [-0.39, 0.29) is 17.2 Å². The average Bonchev–Trinajstić information content (AvgIpc) is 1.88. The van der Waals surface area contributed by atoms with E-state index >= 15 is 0 Å². The van der Waals surface area contributed by atoms with Crippen molar-refractivity contribution in [3.8, 4) is 0 Å². The lowest BCUT2D eigenvalue weighted by atomic mass is 10.3. The zero-order chi connectivity index (χ0) is 7.56. The van der Waals surface area contributed by atoms with Crippen molar-refractivity contribution >= 4 is 17.2 Å². The summed E-state index contributed by atoms with van der Waals surface area (Å²) in [5, 5.41) is 2.61. The Balaban J connectivity index is 3.30. The van der Waals surface area contributed by atoms with Crippen LogP contribution in [0.2, 0.25) is 0 Å². The molecule has 1 heterocycles. The zero-order valence-corrected chi connectivity index (χ0v) is 5.11. The first-order valence-electron chi connectivity index (χ1n) is 2.59. The van der Waals surface area contributed by atoms with Gasteiger partial charge in [0.05, 0.1) is 5.69 Å². The average molecular weight is 138 g/mol. The molecule has 0 saturated heterocycles. The van der Waals surface area contributed by atoms with Crippen molar-refractivity contribution in [2.75, 3.05) is 11.5 Å². The van der Waals surface area contributed by atoms with Crippen molar-refractivity contribution in [3.63, 3.8) is 0 Å². The molecule has 10 heavy (non-hydrogen) atoms. The smallest absolute Gasteiger partial charge is 0.172 e. The quantitative estimate of drug-likeness (QED) is 0.557. The molecule has 0 unspecified atom stereocenters. The van der Waals surface area contributed by atoms with Gasteiger partial charge in [-0.2, -0.15) is 0 Å². The van der Waals surface area contributed by atoms with Gasteiger partial charge in [-0.25, -0.2) is 4.98 Å². The van der Waals surface area contributed by atoms with Crippen LogP contribution in [-0.4, -0.2) is 4.98 Å². The predicted molar refractivity (Wildman–Crippen MR) is 38.5 cm³/mol. The molecule has 0 aliphatic rings. The lowest BCUT2D eigenvalue weighted by Gasteiger charge is -1.96. The maximum Gasteiger partial charge on any atom is 0.172 e. The van der Waals surface area contributed by atoms with E-state index in [4.69, 9.17) is 11.5 Å². The van der Waals surface area contributed by atoms with Gasteiger partial charge >= 0.3 is 0 Å². The highest BCUT2D eigenvalue weighted by Crippen LogP contribution is 2.25. The van der Waals surface area contributed by atoms with E-state index in [0.717, 1.165) is 0 Å². The number of rotatable bonds is 1. The fourth-order valence-electron chi connectivity index (χ4n) is 0.585. The van der Waals surface area contributed by atoms with Crippen LogP contribution in [0.25, 0.3) is 0 Å². The van der Waals surface area contributed by atoms with Crippen LogP contribution in [0.1, 0.15) is 0 Å². The highest BCUT2D eigenvalue weighted by atomic mass is 16.3. The second-order valence-corrected chi connectivity index (χ2v) is 1.73. The van der Waals surface area contributed by atoms with Gasteiger partial charge in [-0.05, 0) is 11.2 Å². The molecule has 5 heteroatoms. The highest BCUT2D eigenvalue weighted by molar-refractivity contribution is 5.72. The first kappa shape index (κ1) is 6.47. The summed E-state index contributed by atoms with van der Waals surface area (Å²) in [4.78, 5) is 13.6. The summed E-state index contributed by atoms with van der Waals surface area (Å²) < 4.78 is 0. The Kier molecular flexibility index (Phi) is 1.49. The minimum atomic E-state index is 0.0162. The molecule has 1 rings (SSSR count). The lowest BCUT2D eigenvalue weighted by molar-refractivity contribution is 1.31. The standard InChI is InChI=1S/C5H6N4O/c6-3-1-2-8-5(7)4(3)9-10/h1-2H,(H4,6,7,8). The molecule has 0 fully saturated rings. The molecular formula is C5H6N4O. The Morgan fingerprint density at radius 2 is 2.20 bits per heavy atom. The number of nitrogens with zero attached hydrogens (tertiary/aromatic N) is 2. The van der Waals surface area contributed by atoms with Crippen molar-refractivity contribution in [2.24, 2.45) is 5.18 Å². The molecule has 52 valence electrons. The van der Waals surface area contributed by atoms with E-state index in [1.54, 1.807) is 0 Å². The Morgan fingerprint density at radius 1 is 1.50 bits per heavy atom. The van der Waals surface area contributed by atoms with Crippen LogP contribution in [0.15, 0.2) is 17.4 Å². The number of anilines is 2. The van der Waals surface area contributed by atoms with Gasteiger partial charge in [0, 0.05) is 6.20 Å². The van der Waals surface area contributed by atoms with Crippen LogP contribution in [0.3, 0.4) is 0 Å². The Labute approximate surface area is 57.0 Å². The largest absolute Gasteiger partial charge is 0.397 e. The monoisotopic (exact) mass is 138 g/mol. The maximum atomic E-state index is 10.00. The van der Waals surface area contributed by atoms with E-state index in [1.807, 2.05) is 0 Å². The molecule has 1 aromatic heterocycles. The summed E-state index contributed by atoms with van der Waals surface area (Å²) in [6.07, 6.45) is 1.42. The summed E-state index contributed by atoms with van der Waals surface area (Å²) in [6, 6.07) is 1.47. The zero-order valence-electron chi connectivity index (χ0n) is 5.11. The lowest BCUT2D eigenvalue weighted by Crippen LogP contribution is -1.93. The number of pyridine rings is 1. The van der Waals surface area contributed by atoms with Gasteiger partial charge < -0.3 is 11.5 Å². The Morgan fingerprint density at radius 3 is 2.60 bits per heavy atom. The summed E-state index contributed by atoms with van der Waals surface area (Å²) in [5.74, 6) is 0.0648. The van der Waals surface area contributed by atoms with Gasteiger partial charge in [0.1, 0.15) is 0 Å². The summed E-state index contributed by atoms with van der Waals surface area (Å²) >= 11 is 0. The van der Waals surface area contributed by atoms with Gasteiger partial charge in [-0.15, -0.1) is 4.91 Å². The van der Waals surface area contributed by atoms with E-state index in [0.29, 0.717) is 0 Å². The van der Waals surface area contributed by atoms with Crippen molar-refractivity contribution in [1.29, 1.82) is 0 Å². The first-order valence-corrected chi connectivity index (χ1v) is 2.59. The minimum Gasteiger partial charge on any atom is -0.397 e. The fraction of sp³-hybridized carbons (Fsp3) is 0. The maximum absolute atomic E-state index is 10.00. The van der Waals surface area contributed by atoms with Crippen LogP contribution in [-0.2, 0) is 0 Å². The third-order valence-corrected chi connectivity index (χ3v) is 1.08. The molecular weight excluding hydrogens is 132 g/mol. The minimum absolute atomic E-state index is 0.0162. The molecule has 0 radical (unpaired) electrons. The Bertz CT molecular complexity index is 240. The molecule has 0 aromatic carbocycles. The third-order valence-electron chi connectivity index (χ3n) is 1.08. The van der Waals surface area contributed by atoms with Gasteiger partial charge in [-0.1, -0.05) is 0 Å². The van der Waals surface area contributed by atoms with Gasteiger partial charge in [-0.3, -0.25) is 0 Å². The topological polar surface area (TPSA) is 94.4 Å². The summed E-state index contributed by atoms with van der Waals surface area (Å²) in [7, 11) is 0. The highest BCUT2D eigenvalue weighted by Gasteiger charge is 2.02. The van der Waals surface area contributed by atoms with Crippen molar-refractivity contribution in [1.82, 2.24) is 4.98 Å². The molecule has 0 bridgehead atoms. The molecule has 5 nitrogen and oxygen atoms in total. The van der Waals surface area contributed by atoms with E-state index in [1.165, 1.54) is 12.3 Å². The molecule has 0 aliphatic carbocycles. The van der Waals surface area contributed by atoms with Crippen LogP contribution < -0.4 is 11.5 Å². The van der Waals surface area contributed by atoms with Crippen molar-refractivity contribution in [2.45, 2.75) is 0 Å². The number of hydrogen-bond acceptors (Lipinski definition) is 5. The second-order valence-electron chi connectivity index (χ2n) is 1.73. The number of nitrogens with two attached hydrogens (primary N) is 2. The van der Waals surface area contributed by atoms with Crippen LogP contribution >= 0.6 is 0 Å². The number of hydrogen-bond donors (Lipinski definition) is 2. The van der Waals surface area contributed by atoms with Crippen LogP contribution in [0.5, 0.6) is 0 Å². The van der Waals surface area contributed by atoms with Crippen molar-refractivity contribution in [3.05, 3.63) is 17.2 Å². The number of nitrogen functional groups attached to an aromatic ring is 2. The third kappa shape index (κ3) is 0.883. The summed E-state index contributed by atoms with van der Waals surface area (Å²) in [6.45, 7) is 0. The molecule has 1 aromatic rings. The second kappa shape index (κ2) is 2.30. The fourth-order valence-corrected chi connectivity index (χ4v) is 0.585.